The minimum Gasteiger partial charge on any atom is -0.376 e. The molecule has 3 nitrogen and oxygen atoms in total. The first kappa shape index (κ1) is 18.1. The average Bonchev–Trinajstić information content (AvgIpc) is 2.68. The van der Waals surface area contributed by atoms with E-state index in [1.54, 1.807) is 14.2 Å². The van der Waals surface area contributed by atoms with E-state index >= 15 is 0 Å². The van der Waals surface area contributed by atoms with Gasteiger partial charge in [0.1, 0.15) is 5.60 Å². The Hall–Kier alpha value is -1.72. The summed E-state index contributed by atoms with van der Waals surface area (Å²) in [6, 6.07) is 17.4. The molecule has 0 spiro atoms. The molecule has 3 rings (SSSR count). The van der Waals surface area contributed by atoms with E-state index in [1.807, 2.05) is 72.8 Å². The van der Waals surface area contributed by atoms with E-state index in [0.29, 0.717) is 6.42 Å². The maximum atomic E-state index is 11.9. The summed E-state index contributed by atoms with van der Waals surface area (Å²) < 4.78 is 12.1. The normalized spacial score (nSPS) is 18.5. The fourth-order valence-corrected chi connectivity index (χ4v) is 3.64. The van der Waals surface area contributed by atoms with E-state index in [4.69, 9.17) is 9.47 Å². The van der Waals surface area contributed by atoms with E-state index < -0.39 is 11.4 Å². The van der Waals surface area contributed by atoms with E-state index in [0.717, 1.165) is 21.2 Å². The minimum atomic E-state index is -1.28. The Labute approximate surface area is 156 Å². The molecule has 0 fully saturated rings. The van der Waals surface area contributed by atoms with Gasteiger partial charge >= 0.3 is 0 Å². The number of halogens is 1. The molecule has 0 saturated heterocycles. The van der Waals surface area contributed by atoms with Gasteiger partial charge in [0.25, 0.3) is 0 Å². The Bertz CT molecular complexity index is 794. The molecule has 0 bridgehead atoms. The third kappa shape index (κ3) is 3.35. The molecule has 0 amide bonds. The first-order valence-electron chi connectivity index (χ1n) is 8.07. The maximum absolute atomic E-state index is 11.9. The van der Waals surface area contributed by atoms with Gasteiger partial charge in [-0.3, -0.25) is 0 Å². The number of hydrogen-bond acceptors (Lipinski definition) is 3. The number of rotatable bonds is 5. The summed E-state index contributed by atoms with van der Waals surface area (Å²) >= 11 is 3.51. The summed E-state index contributed by atoms with van der Waals surface area (Å²) in [4.78, 5) is 0. The van der Waals surface area contributed by atoms with Crippen LogP contribution < -0.4 is 0 Å². The fraction of sp³-hybridized carbons (Fsp3) is 0.238. The maximum Gasteiger partial charge on any atom is 0.191 e. The second kappa shape index (κ2) is 7.26. The molecule has 25 heavy (non-hydrogen) atoms. The van der Waals surface area contributed by atoms with Gasteiger partial charge in [-0.05, 0) is 34.9 Å². The summed E-state index contributed by atoms with van der Waals surface area (Å²) in [7, 11) is 3.22. The SMILES string of the molecule is COC1(OC)C=CC=C([C@@](O)(c2ccccc2)c2cccc(Br)c2)C1. The van der Waals surface area contributed by atoms with Gasteiger partial charge in [0, 0.05) is 25.1 Å². The van der Waals surface area contributed by atoms with E-state index in [2.05, 4.69) is 15.9 Å². The van der Waals surface area contributed by atoms with Crippen LogP contribution in [0.25, 0.3) is 0 Å². The highest BCUT2D eigenvalue weighted by Crippen LogP contribution is 2.43. The van der Waals surface area contributed by atoms with Crippen molar-refractivity contribution in [3.8, 4) is 0 Å². The third-order valence-corrected chi connectivity index (χ3v) is 5.17. The van der Waals surface area contributed by atoms with Crippen molar-refractivity contribution in [1.82, 2.24) is 0 Å². The Morgan fingerprint density at radius 2 is 1.68 bits per heavy atom. The third-order valence-electron chi connectivity index (χ3n) is 4.67. The first-order chi connectivity index (χ1) is 12.0. The fourth-order valence-electron chi connectivity index (χ4n) is 3.24. The van der Waals surface area contributed by atoms with Crippen molar-refractivity contribution in [3.63, 3.8) is 0 Å². The molecule has 0 aromatic heterocycles. The van der Waals surface area contributed by atoms with Gasteiger partial charge in [-0.2, -0.15) is 0 Å². The molecule has 1 N–H and O–H groups in total. The van der Waals surface area contributed by atoms with Crippen molar-refractivity contribution >= 4 is 15.9 Å². The number of allylic oxidation sites excluding steroid dienone is 2. The molecule has 0 saturated carbocycles. The van der Waals surface area contributed by atoms with E-state index in [1.165, 1.54) is 0 Å². The van der Waals surface area contributed by atoms with Crippen LogP contribution in [0.2, 0.25) is 0 Å². The lowest BCUT2D eigenvalue weighted by Crippen LogP contribution is -2.39. The van der Waals surface area contributed by atoms with E-state index in [9.17, 15) is 5.11 Å². The highest BCUT2D eigenvalue weighted by molar-refractivity contribution is 9.10. The summed E-state index contributed by atoms with van der Waals surface area (Å²) in [6.07, 6.45) is 6.10. The monoisotopic (exact) mass is 400 g/mol. The molecule has 1 aliphatic carbocycles. The highest BCUT2D eigenvalue weighted by atomic mass is 79.9. The Kier molecular flexibility index (Phi) is 5.25. The molecule has 1 aliphatic rings. The van der Waals surface area contributed by atoms with Crippen LogP contribution in [0.5, 0.6) is 0 Å². The van der Waals surface area contributed by atoms with Crippen molar-refractivity contribution in [2.75, 3.05) is 14.2 Å². The lowest BCUT2D eigenvalue weighted by molar-refractivity contribution is -0.172. The molecule has 0 heterocycles. The zero-order chi connectivity index (χ0) is 17.9. The predicted octanol–water partition coefficient (Wildman–Crippen LogP) is 4.56. The number of hydrogen-bond donors (Lipinski definition) is 1. The van der Waals surface area contributed by atoms with Crippen LogP contribution in [0.15, 0.2) is 82.9 Å². The van der Waals surface area contributed by atoms with E-state index in [-0.39, 0.29) is 0 Å². The number of methoxy groups -OCH3 is 2. The van der Waals surface area contributed by atoms with Gasteiger partial charge in [0.15, 0.2) is 5.79 Å². The molecular weight excluding hydrogens is 380 g/mol. The van der Waals surface area contributed by atoms with Gasteiger partial charge in [-0.25, -0.2) is 0 Å². The van der Waals surface area contributed by atoms with Crippen LogP contribution in [-0.4, -0.2) is 25.1 Å². The van der Waals surface area contributed by atoms with Crippen LogP contribution >= 0.6 is 15.9 Å². The average molecular weight is 401 g/mol. The van der Waals surface area contributed by atoms with Gasteiger partial charge in [0.05, 0.1) is 0 Å². The highest BCUT2D eigenvalue weighted by Gasteiger charge is 2.41. The summed E-state index contributed by atoms with van der Waals surface area (Å²) in [5.41, 5.74) is 1.12. The molecule has 2 aromatic carbocycles. The quantitative estimate of drug-likeness (QED) is 0.747. The van der Waals surface area contributed by atoms with Crippen molar-refractivity contribution in [1.29, 1.82) is 0 Å². The van der Waals surface area contributed by atoms with Crippen LogP contribution in [0, 0.1) is 0 Å². The molecule has 2 aromatic rings. The van der Waals surface area contributed by atoms with Gasteiger partial charge < -0.3 is 14.6 Å². The van der Waals surface area contributed by atoms with Gasteiger partial charge in [-0.15, -0.1) is 0 Å². The Morgan fingerprint density at radius 3 is 2.32 bits per heavy atom. The number of aliphatic hydroxyl groups is 1. The smallest absolute Gasteiger partial charge is 0.191 e. The number of benzene rings is 2. The summed E-state index contributed by atoms with van der Waals surface area (Å²) in [5, 5.41) is 11.9. The van der Waals surface area contributed by atoms with Crippen molar-refractivity contribution in [2.45, 2.75) is 17.8 Å². The molecular formula is C21H21BrO3. The van der Waals surface area contributed by atoms with Gasteiger partial charge in [0.2, 0.25) is 0 Å². The van der Waals surface area contributed by atoms with Crippen LogP contribution in [-0.2, 0) is 15.1 Å². The largest absolute Gasteiger partial charge is 0.376 e. The molecule has 0 unspecified atom stereocenters. The zero-order valence-electron chi connectivity index (χ0n) is 14.3. The predicted molar refractivity (Wildman–Crippen MR) is 102 cm³/mol. The number of ether oxygens (including phenoxy) is 2. The minimum absolute atomic E-state index is 0.425. The van der Waals surface area contributed by atoms with Crippen molar-refractivity contribution in [3.05, 3.63) is 94.0 Å². The van der Waals surface area contributed by atoms with Crippen molar-refractivity contribution in [2.24, 2.45) is 0 Å². The second-order valence-corrected chi connectivity index (χ2v) is 6.95. The van der Waals surface area contributed by atoms with Crippen LogP contribution in [0.1, 0.15) is 17.5 Å². The molecule has 4 heteroatoms. The van der Waals surface area contributed by atoms with Gasteiger partial charge in [-0.1, -0.05) is 70.5 Å². The molecule has 0 radical (unpaired) electrons. The topological polar surface area (TPSA) is 38.7 Å². The van der Waals surface area contributed by atoms with Crippen LogP contribution in [0.3, 0.4) is 0 Å². The molecule has 130 valence electrons. The van der Waals surface area contributed by atoms with Crippen molar-refractivity contribution < 1.29 is 14.6 Å². The standard InChI is InChI=1S/C21H21BrO3/c1-24-20(25-2)13-7-11-18(15-20)21(23,16-8-4-3-5-9-16)17-10-6-12-19(22)14-17/h3-14,23H,15H2,1-2H3/t21-/m1/s1. The summed E-state index contributed by atoms with van der Waals surface area (Å²) in [6.45, 7) is 0. The Balaban J connectivity index is 2.16. The summed E-state index contributed by atoms with van der Waals surface area (Å²) in [5.74, 6) is -0.876. The lowest BCUT2D eigenvalue weighted by atomic mass is 9.76. The zero-order valence-corrected chi connectivity index (χ0v) is 15.9. The molecule has 1 atom stereocenters. The Morgan fingerprint density at radius 1 is 1.00 bits per heavy atom. The second-order valence-electron chi connectivity index (χ2n) is 6.03. The van der Waals surface area contributed by atoms with Crippen LogP contribution in [0.4, 0.5) is 0 Å². The lowest BCUT2D eigenvalue weighted by Gasteiger charge is -2.38. The first-order valence-corrected chi connectivity index (χ1v) is 8.86. The molecule has 0 aliphatic heterocycles.